The van der Waals surface area contributed by atoms with Crippen LogP contribution in [-0.4, -0.2) is 70.0 Å². The van der Waals surface area contributed by atoms with E-state index in [4.69, 9.17) is 20.8 Å². The molecule has 204 valence electrons. The summed E-state index contributed by atoms with van der Waals surface area (Å²) in [5.41, 5.74) is -0.138. The van der Waals surface area contributed by atoms with E-state index in [9.17, 15) is 24.3 Å². The van der Waals surface area contributed by atoms with Gasteiger partial charge >= 0.3 is 5.97 Å². The molecular formula is C26H26ClN5O7. The third-order valence-corrected chi connectivity index (χ3v) is 7.17. The summed E-state index contributed by atoms with van der Waals surface area (Å²) in [4.78, 5) is 60.7. The number of carbonyl (C=O) groups is 4. The number of amides is 3. The van der Waals surface area contributed by atoms with Crippen molar-refractivity contribution < 1.29 is 33.4 Å². The van der Waals surface area contributed by atoms with Crippen LogP contribution in [0.1, 0.15) is 46.7 Å². The summed E-state index contributed by atoms with van der Waals surface area (Å²) in [5, 5.41) is 15.1. The minimum absolute atomic E-state index is 0.0314. The fraction of sp³-hybridized carbons (Fsp3) is 0.385. The smallest absolute Gasteiger partial charge is 0.354 e. The molecule has 0 spiro atoms. The van der Waals surface area contributed by atoms with E-state index in [0.717, 1.165) is 0 Å². The summed E-state index contributed by atoms with van der Waals surface area (Å²) in [6.45, 7) is 2.22. The fourth-order valence-corrected chi connectivity index (χ4v) is 4.98. The molecule has 2 aliphatic rings. The van der Waals surface area contributed by atoms with E-state index in [-0.39, 0.29) is 51.8 Å². The summed E-state index contributed by atoms with van der Waals surface area (Å²) < 4.78 is 11.0. The number of rotatable bonds is 6. The maximum Gasteiger partial charge on any atom is 0.354 e. The number of halogens is 1. The second-order valence-electron chi connectivity index (χ2n) is 9.45. The van der Waals surface area contributed by atoms with Crippen molar-refractivity contribution in [3.63, 3.8) is 0 Å². The van der Waals surface area contributed by atoms with Gasteiger partial charge in [-0.15, -0.1) is 0 Å². The molecule has 4 heterocycles. The van der Waals surface area contributed by atoms with Crippen molar-refractivity contribution in [1.82, 2.24) is 14.9 Å². The first-order valence-electron chi connectivity index (χ1n) is 12.6. The second kappa shape index (κ2) is 11.4. The molecule has 12 nitrogen and oxygen atoms in total. The molecule has 1 saturated heterocycles. The van der Waals surface area contributed by atoms with Crippen LogP contribution in [0.5, 0.6) is 0 Å². The summed E-state index contributed by atoms with van der Waals surface area (Å²) in [7, 11) is 0. The van der Waals surface area contributed by atoms with Gasteiger partial charge in [0.15, 0.2) is 5.58 Å². The number of aromatic nitrogens is 2. The maximum absolute atomic E-state index is 13.3. The van der Waals surface area contributed by atoms with E-state index >= 15 is 0 Å². The zero-order valence-corrected chi connectivity index (χ0v) is 21.6. The lowest BCUT2D eigenvalue weighted by atomic mass is 9.81. The van der Waals surface area contributed by atoms with Crippen LogP contribution in [0.2, 0.25) is 5.02 Å². The number of hydrogen-bond donors (Lipinski definition) is 3. The molecule has 5 rings (SSSR count). The average Bonchev–Trinajstić information content (AvgIpc) is 3.32. The monoisotopic (exact) mass is 555 g/mol. The van der Waals surface area contributed by atoms with E-state index in [1.807, 2.05) is 4.90 Å². The minimum atomic E-state index is -1.27. The molecule has 1 saturated carbocycles. The van der Waals surface area contributed by atoms with Gasteiger partial charge in [-0.05, 0) is 49.9 Å². The molecule has 2 fully saturated rings. The van der Waals surface area contributed by atoms with E-state index < -0.39 is 17.8 Å². The van der Waals surface area contributed by atoms with Gasteiger partial charge < -0.3 is 29.8 Å². The molecule has 0 radical (unpaired) electrons. The summed E-state index contributed by atoms with van der Waals surface area (Å²) in [6, 6.07) is 5.67. The first kappa shape index (κ1) is 26.6. The Bertz CT molecular complexity index is 1410. The first-order valence-corrected chi connectivity index (χ1v) is 12.9. The molecule has 3 N–H and O–H groups in total. The van der Waals surface area contributed by atoms with Gasteiger partial charge in [-0.2, -0.15) is 0 Å². The Balaban J connectivity index is 1.34. The van der Waals surface area contributed by atoms with Crippen LogP contribution in [0, 0.1) is 11.8 Å². The number of nitrogens with one attached hydrogen (secondary N) is 2. The van der Waals surface area contributed by atoms with Gasteiger partial charge in [-0.3, -0.25) is 14.4 Å². The topological polar surface area (TPSA) is 164 Å². The Labute approximate surface area is 227 Å². The van der Waals surface area contributed by atoms with Crippen molar-refractivity contribution in [2.24, 2.45) is 11.8 Å². The molecule has 0 aromatic carbocycles. The van der Waals surface area contributed by atoms with E-state index in [0.29, 0.717) is 57.0 Å². The Morgan fingerprint density at radius 3 is 2.36 bits per heavy atom. The third kappa shape index (κ3) is 5.86. The lowest BCUT2D eigenvalue weighted by molar-refractivity contribution is -0.141. The number of ether oxygens (including phenoxy) is 1. The normalized spacial score (nSPS) is 19.5. The summed E-state index contributed by atoms with van der Waals surface area (Å²) in [5.74, 6) is -2.85. The highest BCUT2D eigenvalue weighted by Gasteiger charge is 2.34. The van der Waals surface area contributed by atoms with Crippen molar-refractivity contribution in [2.45, 2.75) is 25.7 Å². The lowest BCUT2D eigenvalue weighted by Gasteiger charge is -2.33. The number of carbonyl (C=O) groups excluding carboxylic acids is 3. The van der Waals surface area contributed by atoms with Gasteiger partial charge in [-0.25, -0.2) is 14.8 Å². The summed E-state index contributed by atoms with van der Waals surface area (Å²) in [6.07, 6.45) is 3.48. The number of hydrogen-bond acceptors (Lipinski definition) is 8. The fourth-order valence-electron chi connectivity index (χ4n) is 4.86. The number of carboxylic acid groups (broad SMARTS) is 1. The van der Waals surface area contributed by atoms with E-state index in [1.54, 1.807) is 6.07 Å². The molecule has 3 amide bonds. The summed E-state index contributed by atoms with van der Waals surface area (Å²) >= 11 is 5.86. The highest BCUT2D eigenvalue weighted by Crippen LogP contribution is 2.34. The van der Waals surface area contributed by atoms with Crippen molar-refractivity contribution in [2.75, 3.05) is 36.9 Å². The van der Waals surface area contributed by atoms with Gasteiger partial charge in [-0.1, -0.05) is 11.6 Å². The van der Waals surface area contributed by atoms with Crippen LogP contribution in [0.4, 0.5) is 11.5 Å². The molecule has 13 heteroatoms. The Kier molecular flexibility index (Phi) is 7.75. The maximum atomic E-state index is 13.3. The van der Waals surface area contributed by atoms with Crippen molar-refractivity contribution in [3.05, 3.63) is 46.9 Å². The highest BCUT2D eigenvalue weighted by molar-refractivity contribution is 6.30. The van der Waals surface area contributed by atoms with Gasteiger partial charge in [0.25, 0.3) is 5.91 Å². The Hall–Kier alpha value is -4.03. The van der Waals surface area contributed by atoms with Gasteiger partial charge in [0.2, 0.25) is 17.6 Å². The largest absolute Gasteiger partial charge is 0.477 e. The van der Waals surface area contributed by atoms with Gasteiger partial charge in [0.1, 0.15) is 22.7 Å². The second-order valence-corrected chi connectivity index (χ2v) is 9.88. The number of fused-ring (bicyclic) bond motifs is 1. The van der Waals surface area contributed by atoms with Crippen molar-refractivity contribution >= 4 is 57.9 Å². The predicted octanol–water partition coefficient (Wildman–Crippen LogP) is 3.43. The van der Waals surface area contributed by atoms with Gasteiger partial charge in [0, 0.05) is 31.1 Å². The van der Waals surface area contributed by atoms with Crippen molar-refractivity contribution in [1.29, 1.82) is 0 Å². The van der Waals surface area contributed by atoms with Crippen LogP contribution >= 0.6 is 11.6 Å². The van der Waals surface area contributed by atoms with Crippen LogP contribution in [0.3, 0.4) is 0 Å². The van der Waals surface area contributed by atoms with Crippen LogP contribution in [0.15, 0.2) is 34.9 Å². The molecule has 3 aromatic heterocycles. The number of anilines is 2. The Morgan fingerprint density at radius 1 is 0.974 bits per heavy atom. The molecule has 3 aromatic rings. The molecule has 0 atom stereocenters. The minimum Gasteiger partial charge on any atom is -0.477 e. The predicted molar refractivity (Wildman–Crippen MR) is 140 cm³/mol. The number of aromatic carboxylic acids is 1. The average molecular weight is 556 g/mol. The van der Waals surface area contributed by atoms with Crippen LogP contribution in [0.25, 0.3) is 11.1 Å². The van der Waals surface area contributed by atoms with E-state index in [2.05, 4.69) is 20.6 Å². The van der Waals surface area contributed by atoms with Gasteiger partial charge in [0.05, 0.1) is 18.2 Å². The number of morpholine rings is 1. The zero-order valence-electron chi connectivity index (χ0n) is 20.8. The zero-order chi connectivity index (χ0) is 27.5. The molecule has 1 aliphatic heterocycles. The van der Waals surface area contributed by atoms with Crippen LogP contribution in [-0.2, 0) is 14.3 Å². The molecule has 1 aliphatic carbocycles. The number of carboxylic acids is 1. The Morgan fingerprint density at radius 2 is 1.69 bits per heavy atom. The quantitative estimate of drug-likeness (QED) is 0.413. The number of pyridine rings is 2. The third-order valence-electron chi connectivity index (χ3n) is 6.95. The van der Waals surface area contributed by atoms with E-state index in [1.165, 1.54) is 24.4 Å². The van der Waals surface area contributed by atoms with Crippen molar-refractivity contribution in [3.8, 4) is 0 Å². The highest BCUT2D eigenvalue weighted by atomic mass is 35.5. The van der Waals surface area contributed by atoms with Crippen LogP contribution < -0.4 is 10.6 Å². The lowest BCUT2D eigenvalue weighted by Crippen LogP contribution is -2.44. The first-order chi connectivity index (χ1) is 18.8. The molecule has 0 unspecified atom stereocenters. The number of nitrogens with zero attached hydrogens (tertiary/aromatic N) is 3. The standard InChI is InChI=1S/C26H26ClN5O7/c27-16-5-8-19(28-13-16)30-24(34)22-21(20-18(39-22)7-6-17(29-20)26(36)37)31-23(33)14-1-3-15(4-2-14)25(35)32-9-11-38-12-10-32/h5-8,13-15H,1-4,9-12H2,(H,31,33)(H,36,37)(H,28,30,34)/t14-,15-. The molecule has 0 bridgehead atoms. The molecular weight excluding hydrogens is 530 g/mol. The molecule has 39 heavy (non-hydrogen) atoms. The SMILES string of the molecule is O=C(O)c1ccc2oc(C(=O)Nc3ccc(Cl)cn3)c(NC(=O)[C@H]3CC[C@H](C(=O)N4CCOCC4)CC3)c2n1. The number of furan rings is 1.